The van der Waals surface area contributed by atoms with Gasteiger partial charge in [-0.15, -0.1) is 0 Å². The molecule has 0 aromatic heterocycles. The molecule has 1 aromatic carbocycles. The quantitative estimate of drug-likeness (QED) is 0.658. The number of anilines is 1. The number of hydrogen-bond donors (Lipinski definition) is 3. The molecule has 1 atom stereocenters. The molecule has 1 heterocycles. The summed E-state index contributed by atoms with van der Waals surface area (Å²) in [6, 6.07) is 3.68. The Hall–Kier alpha value is -2.21. The maximum atomic E-state index is 11.9. The molecular formula is C12H12N2O4. The van der Waals surface area contributed by atoms with Gasteiger partial charge in [-0.25, -0.2) is 0 Å². The summed E-state index contributed by atoms with van der Waals surface area (Å²) in [6.07, 6.45) is -0.183. The average Bonchev–Trinajstić information content (AvgIpc) is 2.65. The minimum atomic E-state index is -1.12. The number of ketones is 1. The van der Waals surface area contributed by atoms with E-state index >= 15 is 0 Å². The van der Waals surface area contributed by atoms with Crippen molar-refractivity contribution in [1.29, 1.82) is 0 Å². The molecule has 1 aromatic rings. The minimum Gasteiger partial charge on any atom is -0.481 e. The van der Waals surface area contributed by atoms with E-state index < -0.39 is 24.2 Å². The Labute approximate surface area is 103 Å². The van der Waals surface area contributed by atoms with Gasteiger partial charge in [0.2, 0.25) is 5.91 Å². The second kappa shape index (κ2) is 4.58. The molecule has 6 heteroatoms. The number of carboxylic acid groups (broad SMARTS) is 1. The lowest BCUT2D eigenvalue weighted by Crippen LogP contribution is -2.32. The van der Waals surface area contributed by atoms with Crippen LogP contribution in [0.2, 0.25) is 0 Å². The molecule has 1 unspecified atom stereocenters. The summed E-state index contributed by atoms with van der Waals surface area (Å²) in [6.45, 7) is 0. The van der Waals surface area contributed by atoms with Gasteiger partial charge in [-0.05, 0) is 23.8 Å². The van der Waals surface area contributed by atoms with Crippen molar-refractivity contribution < 1.29 is 19.5 Å². The molecule has 1 aliphatic rings. The van der Waals surface area contributed by atoms with Crippen molar-refractivity contribution >= 4 is 23.3 Å². The first-order valence-corrected chi connectivity index (χ1v) is 5.41. The molecule has 0 aliphatic carbocycles. The number of rotatable bonds is 4. The summed E-state index contributed by atoms with van der Waals surface area (Å²) < 4.78 is 0. The van der Waals surface area contributed by atoms with Crippen LogP contribution in [0.4, 0.5) is 5.69 Å². The van der Waals surface area contributed by atoms with Gasteiger partial charge in [-0.2, -0.15) is 0 Å². The molecule has 1 amide bonds. The molecule has 4 N–H and O–H groups in total. The molecule has 0 radical (unpaired) electrons. The lowest BCUT2D eigenvalue weighted by Gasteiger charge is -2.08. The molecule has 0 bridgehead atoms. The van der Waals surface area contributed by atoms with Crippen LogP contribution in [0.3, 0.4) is 0 Å². The number of nitrogens with two attached hydrogens (primary N) is 1. The summed E-state index contributed by atoms with van der Waals surface area (Å²) in [7, 11) is 0. The maximum absolute atomic E-state index is 11.9. The first-order chi connectivity index (χ1) is 8.47. The van der Waals surface area contributed by atoms with Gasteiger partial charge in [0.25, 0.3) is 0 Å². The third kappa shape index (κ3) is 2.38. The average molecular weight is 248 g/mol. The second-order valence-corrected chi connectivity index (χ2v) is 4.17. The predicted molar refractivity (Wildman–Crippen MR) is 63.3 cm³/mol. The number of hydrogen-bond acceptors (Lipinski definition) is 4. The largest absolute Gasteiger partial charge is 0.481 e. The fourth-order valence-electron chi connectivity index (χ4n) is 1.88. The third-order valence-corrected chi connectivity index (χ3v) is 2.75. The smallest absolute Gasteiger partial charge is 0.305 e. The number of fused-ring (bicyclic) bond motifs is 1. The van der Waals surface area contributed by atoms with E-state index in [0.717, 1.165) is 5.56 Å². The second-order valence-electron chi connectivity index (χ2n) is 4.17. The van der Waals surface area contributed by atoms with Crippen molar-refractivity contribution in [2.24, 2.45) is 5.73 Å². The zero-order valence-electron chi connectivity index (χ0n) is 9.47. The van der Waals surface area contributed by atoms with Crippen LogP contribution < -0.4 is 11.1 Å². The highest BCUT2D eigenvalue weighted by atomic mass is 16.4. The van der Waals surface area contributed by atoms with Crippen LogP contribution in [-0.4, -0.2) is 28.8 Å². The number of benzene rings is 1. The third-order valence-electron chi connectivity index (χ3n) is 2.75. The molecule has 0 spiro atoms. The summed E-state index contributed by atoms with van der Waals surface area (Å²) in [5, 5.41) is 11.2. The van der Waals surface area contributed by atoms with Gasteiger partial charge >= 0.3 is 5.97 Å². The van der Waals surface area contributed by atoms with Gasteiger partial charge in [-0.3, -0.25) is 14.4 Å². The maximum Gasteiger partial charge on any atom is 0.305 e. The van der Waals surface area contributed by atoms with E-state index in [1.54, 1.807) is 12.1 Å². The van der Waals surface area contributed by atoms with Gasteiger partial charge in [0, 0.05) is 11.3 Å². The van der Waals surface area contributed by atoms with E-state index in [4.69, 9.17) is 10.8 Å². The fraction of sp³-hybridized carbons (Fsp3) is 0.250. The summed E-state index contributed by atoms with van der Waals surface area (Å²) in [5.74, 6) is -1.67. The molecule has 6 nitrogen and oxygen atoms in total. The van der Waals surface area contributed by atoms with Gasteiger partial charge in [-0.1, -0.05) is 0 Å². The summed E-state index contributed by atoms with van der Waals surface area (Å²) in [4.78, 5) is 33.5. The summed E-state index contributed by atoms with van der Waals surface area (Å²) in [5.41, 5.74) is 7.26. The van der Waals surface area contributed by atoms with Crippen molar-refractivity contribution in [3.05, 3.63) is 29.3 Å². The van der Waals surface area contributed by atoms with Crippen LogP contribution in [0.15, 0.2) is 18.2 Å². The summed E-state index contributed by atoms with van der Waals surface area (Å²) >= 11 is 0. The number of aliphatic carboxylic acids is 1. The Bertz CT molecular complexity index is 539. The zero-order chi connectivity index (χ0) is 13.3. The minimum absolute atomic E-state index is 0.121. The molecule has 94 valence electrons. The van der Waals surface area contributed by atoms with Crippen molar-refractivity contribution in [1.82, 2.24) is 0 Å². The monoisotopic (exact) mass is 248 g/mol. The first kappa shape index (κ1) is 12.3. The van der Waals surface area contributed by atoms with Gasteiger partial charge < -0.3 is 16.2 Å². The number of Topliss-reactive ketones (excluding diaryl/α,β-unsaturated/α-hetero) is 1. The van der Waals surface area contributed by atoms with Crippen LogP contribution in [0.1, 0.15) is 22.3 Å². The van der Waals surface area contributed by atoms with Crippen LogP contribution in [0.5, 0.6) is 0 Å². The Morgan fingerprint density at radius 1 is 1.44 bits per heavy atom. The van der Waals surface area contributed by atoms with E-state index in [-0.39, 0.29) is 12.3 Å². The number of amides is 1. The Balaban J connectivity index is 2.20. The van der Waals surface area contributed by atoms with Gasteiger partial charge in [0.05, 0.1) is 18.9 Å². The van der Waals surface area contributed by atoms with E-state index in [0.29, 0.717) is 11.3 Å². The number of nitrogens with one attached hydrogen (secondary N) is 1. The highest BCUT2D eigenvalue weighted by molar-refractivity contribution is 6.04. The highest BCUT2D eigenvalue weighted by Gasteiger charge is 2.22. The van der Waals surface area contributed by atoms with E-state index in [2.05, 4.69) is 5.32 Å². The van der Waals surface area contributed by atoms with E-state index in [9.17, 15) is 14.4 Å². The van der Waals surface area contributed by atoms with E-state index in [1.165, 1.54) is 6.07 Å². The Morgan fingerprint density at radius 3 is 2.83 bits per heavy atom. The molecular weight excluding hydrogens is 236 g/mol. The molecule has 2 rings (SSSR count). The molecule has 1 aliphatic heterocycles. The molecule has 18 heavy (non-hydrogen) atoms. The Morgan fingerprint density at radius 2 is 2.17 bits per heavy atom. The van der Waals surface area contributed by atoms with Crippen molar-refractivity contribution in [3.8, 4) is 0 Å². The van der Waals surface area contributed by atoms with Crippen molar-refractivity contribution in [2.45, 2.75) is 18.9 Å². The lowest BCUT2D eigenvalue weighted by atomic mass is 9.99. The normalized spacial score (nSPS) is 14.8. The standard InChI is InChI=1S/C12H12N2O4/c13-8(5-11(16)17)12(18)6-1-2-9-7(3-6)4-10(15)14-9/h1-3,8H,4-5,13H2,(H,14,15)(H,16,17). The predicted octanol–water partition coefficient (Wildman–Crippen LogP) is 0.166. The van der Waals surface area contributed by atoms with Crippen LogP contribution in [0.25, 0.3) is 0 Å². The van der Waals surface area contributed by atoms with Gasteiger partial charge in [0.1, 0.15) is 0 Å². The first-order valence-electron chi connectivity index (χ1n) is 5.41. The Kier molecular flexibility index (Phi) is 3.12. The molecule has 0 saturated heterocycles. The lowest BCUT2D eigenvalue weighted by molar-refractivity contribution is -0.137. The number of carbonyl (C=O) groups excluding carboxylic acids is 2. The van der Waals surface area contributed by atoms with Crippen LogP contribution in [0, 0.1) is 0 Å². The molecule has 0 fully saturated rings. The highest BCUT2D eigenvalue weighted by Crippen LogP contribution is 2.24. The SMILES string of the molecule is NC(CC(=O)O)C(=O)c1ccc2c(c1)CC(=O)N2. The van der Waals surface area contributed by atoms with Crippen molar-refractivity contribution in [3.63, 3.8) is 0 Å². The van der Waals surface area contributed by atoms with E-state index in [1.807, 2.05) is 0 Å². The van der Waals surface area contributed by atoms with Gasteiger partial charge in [0.15, 0.2) is 5.78 Å². The van der Waals surface area contributed by atoms with Crippen molar-refractivity contribution in [2.75, 3.05) is 5.32 Å². The van der Waals surface area contributed by atoms with Crippen LogP contribution >= 0.6 is 0 Å². The fourth-order valence-corrected chi connectivity index (χ4v) is 1.88. The topological polar surface area (TPSA) is 109 Å². The number of carbonyl (C=O) groups is 3. The molecule has 0 saturated carbocycles. The number of carboxylic acids is 1. The van der Waals surface area contributed by atoms with Crippen LogP contribution in [-0.2, 0) is 16.0 Å². The zero-order valence-corrected chi connectivity index (χ0v) is 9.47.